The second kappa shape index (κ2) is 9.72. The molecule has 0 bridgehead atoms. The van der Waals surface area contributed by atoms with E-state index in [9.17, 15) is 4.79 Å². The summed E-state index contributed by atoms with van der Waals surface area (Å²) >= 11 is 0. The van der Waals surface area contributed by atoms with E-state index in [-0.39, 0.29) is 18.4 Å². The number of tetrazole rings is 1. The summed E-state index contributed by atoms with van der Waals surface area (Å²) in [7, 11) is 1.64. The second-order valence-electron chi connectivity index (χ2n) is 9.20. The number of piperazine rings is 1. The van der Waals surface area contributed by atoms with Crippen LogP contribution < -0.4 is 24.8 Å². The van der Waals surface area contributed by atoms with Crippen molar-refractivity contribution in [3.8, 4) is 11.5 Å². The van der Waals surface area contributed by atoms with Crippen LogP contribution in [0.15, 0.2) is 45.8 Å². The number of H-pyrrole nitrogens is 1. The van der Waals surface area contributed by atoms with Gasteiger partial charge in [-0.3, -0.25) is 4.79 Å². The second-order valence-corrected chi connectivity index (χ2v) is 9.20. The van der Waals surface area contributed by atoms with Crippen LogP contribution in [-0.2, 0) is 17.8 Å². The fourth-order valence-electron chi connectivity index (χ4n) is 5.17. The summed E-state index contributed by atoms with van der Waals surface area (Å²) < 4.78 is 23.6. The Balaban J connectivity index is 1.35. The number of benzene rings is 1. The first-order valence-electron chi connectivity index (χ1n) is 12.1. The van der Waals surface area contributed by atoms with E-state index < -0.39 is 0 Å². The number of rotatable bonds is 8. The van der Waals surface area contributed by atoms with Gasteiger partial charge in [-0.2, -0.15) is 0 Å². The summed E-state index contributed by atoms with van der Waals surface area (Å²) in [6, 6.07) is 9.25. The van der Waals surface area contributed by atoms with Crippen molar-refractivity contribution in [3.63, 3.8) is 0 Å². The van der Waals surface area contributed by atoms with Crippen LogP contribution in [-0.4, -0.2) is 71.9 Å². The van der Waals surface area contributed by atoms with Crippen LogP contribution in [0.1, 0.15) is 23.2 Å². The Morgan fingerprint density at radius 3 is 2.78 bits per heavy atom. The molecule has 1 atom stereocenters. The first-order chi connectivity index (χ1) is 17.7. The lowest BCUT2D eigenvalue weighted by molar-refractivity contribution is -1.03. The lowest BCUT2D eigenvalue weighted by atomic mass is 10.0. The maximum absolute atomic E-state index is 13.5. The van der Waals surface area contributed by atoms with Gasteiger partial charge in [-0.1, -0.05) is 0 Å². The normalized spacial score (nSPS) is 20.1. The van der Waals surface area contributed by atoms with Crippen LogP contribution in [0.3, 0.4) is 0 Å². The molecule has 1 unspecified atom stereocenters. The van der Waals surface area contributed by atoms with Gasteiger partial charge in [-0.05, 0) is 34.7 Å². The lowest BCUT2D eigenvalue weighted by Gasteiger charge is -2.33. The maximum atomic E-state index is 13.5. The van der Waals surface area contributed by atoms with Crippen LogP contribution in [0.5, 0.6) is 11.5 Å². The summed E-state index contributed by atoms with van der Waals surface area (Å²) in [6.45, 7) is 5.59. The van der Waals surface area contributed by atoms with Crippen LogP contribution in [0.2, 0.25) is 0 Å². The molecule has 6 rings (SSSR count). The number of aromatic nitrogens is 5. The number of ether oxygens (including phenoxy) is 3. The minimum atomic E-state index is -0.333. The molecule has 0 spiro atoms. The lowest BCUT2D eigenvalue weighted by Crippen LogP contribution is -3.27. The Hall–Kier alpha value is -3.74. The van der Waals surface area contributed by atoms with Crippen molar-refractivity contribution >= 4 is 10.9 Å². The third-order valence-electron chi connectivity index (χ3n) is 7.01. The number of methoxy groups -OCH3 is 1. The van der Waals surface area contributed by atoms with E-state index in [1.54, 1.807) is 18.1 Å². The minimum absolute atomic E-state index is 0.162. The predicted molar refractivity (Wildman–Crippen MR) is 126 cm³/mol. The molecule has 36 heavy (non-hydrogen) atoms. The Kier molecular flexibility index (Phi) is 6.13. The fraction of sp³-hybridized carbons (Fsp3) is 0.417. The highest BCUT2D eigenvalue weighted by atomic mass is 16.7. The first-order valence-corrected chi connectivity index (χ1v) is 12.1. The van der Waals surface area contributed by atoms with Gasteiger partial charge >= 0.3 is 0 Å². The van der Waals surface area contributed by atoms with Gasteiger partial charge in [0, 0.05) is 18.6 Å². The first kappa shape index (κ1) is 22.7. The number of hydrogen-bond acceptors (Lipinski definition) is 8. The molecule has 2 aliphatic heterocycles. The number of nitrogens with one attached hydrogen (secondary N) is 3. The van der Waals surface area contributed by atoms with Gasteiger partial charge in [0.05, 0.1) is 30.5 Å². The Morgan fingerprint density at radius 2 is 2.00 bits per heavy atom. The van der Waals surface area contributed by atoms with Crippen LogP contribution in [0.4, 0.5) is 0 Å². The van der Waals surface area contributed by atoms with Crippen LogP contribution in [0, 0.1) is 0 Å². The molecule has 12 heteroatoms. The SMILES string of the molecule is COCCn1nnnc1C(c1cc2cc3c(cc2[nH]c1=O)OCO3)[NH+]1CC[NH+](Cc2ccco2)CC1. The summed E-state index contributed by atoms with van der Waals surface area (Å²) in [5, 5.41) is 13.4. The average molecular weight is 496 g/mol. The smallest absolute Gasteiger partial charge is 0.258 e. The van der Waals surface area contributed by atoms with Crippen molar-refractivity contribution < 1.29 is 28.4 Å². The number of fused-ring (bicyclic) bond motifs is 2. The van der Waals surface area contributed by atoms with Crippen LogP contribution >= 0.6 is 0 Å². The summed E-state index contributed by atoms with van der Waals surface area (Å²) in [5.74, 6) is 2.94. The zero-order valence-corrected chi connectivity index (χ0v) is 20.0. The van der Waals surface area contributed by atoms with Gasteiger partial charge in [0.25, 0.3) is 5.56 Å². The molecule has 0 aliphatic carbocycles. The zero-order chi connectivity index (χ0) is 24.5. The molecule has 188 valence electrons. The monoisotopic (exact) mass is 495 g/mol. The molecule has 1 saturated heterocycles. The highest BCUT2D eigenvalue weighted by Crippen LogP contribution is 2.35. The molecule has 0 radical (unpaired) electrons. The quantitative estimate of drug-likeness (QED) is 0.271. The van der Waals surface area contributed by atoms with E-state index in [0.717, 1.165) is 43.9 Å². The highest BCUT2D eigenvalue weighted by Gasteiger charge is 2.37. The Bertz CT molecular complexity index is 1390. The van der Waals surface area contributed by atoms with E-state index in [1.165, 1.54) is 9.80 Å². The summed E-state index contributed by atoms with van der Waals surface area (Å²) in [4.78, 5) is 19.2. The molecule has 1 fully saturated rings. The topological polar surface area (TPSA) is 126 Å². The van der Waals surface area contributed by atoms with E-state index in [0.29, 0.717) is 41.6 Å². The van der Waals surface area contributed by atoms with E-state index in [2.05, 4.69) is 20.5 Å². The molecular formula is C24H29N7O5+2. The molecule has 4 aromatic rings. The third kappa shape index (κ3) is 4.34. The number of quaternary nitrogens is 2. The molecular weight excluding hydrogens is 466 g/mol. The number of furan rings is 1. The van der Waals surface area contributed by atoms with Gasteiger partial charge in [0.15, 0.2) is 23.3 Å². The molecule has 2 aliphatic rings. The average Bonchev–Trinajstić information content (AvgIpc) is 3.66. The van der Waals surface area contributed by atoms with Crippen molar-refractivity contribution in [2.45, 2.75) is 19.1 Å². The maximum Gasteiger partial charge on any atom is 0.258 e. The van der Waals surface area contributed by atoms with Crippen molar-refractivity contribution in [1.29, 1.82) is 0 Å². The minimum Gasteiger partial charge on any atom is -0.463 e. The number of pyridine rings is 1. The molecule has 0 amide bonds. The van der Waals surface area contributed by atoms with E-state index >= 15 is 0 Å². The summed E-state index contributed by atoms with van der Waals surface area (Å²) in [5.41, 5.74) is 1.17. The summed E-state index contributed by atoms with van der Waals surface area (Å²) in [6.07, 6.45) is 1.71. The van der Waals surface area contributed by atoms with Crippen molar-refractivity contribution in [1.82, 2.24) is 25.2 Å². The third-order valence-corrected chi connectivity index (χ3v) is 7.01. The van der Waals surface area contributed by atoms with Gasteiger partial charge in [0.1, 0.15) is 32.7 Å². The molecule has 0 saturated carbocycles. The zero-order valence-electron chi connectivity index (χ0n) is 20.0. The van der Waals surface area contributed by atoms with Gasteiger partial charge in [-0.15, -0.1) is 5.10 Å². The molecule has 3 N–H and O–H groups in total. The van der Waals surface area contributed by atoms with E-state index in [1.807, 2.05) is 30.3 Å². The standard InChI is InChI=1S/C24H27N7O5/c1-33-10-8-31-23(26-27-28-31)22(30-6-4-29(5-7-30)14-17-3-2-9-34-17)18-11-16-12-20-21(36-15-35-20)13-19(16)25-24(18)32/h2-3,9,11-13,22H,4-8,10,14-15H2,1H3,(H,25,32)/p+2. The van der Waals surface area contributed by atoms with Gasteiger partial charge < -0.3 is 33.4 Å². The van der Waals surface area contributed by atoms with Gasteiger partial charge in [-0.25, -0.2) is 4.68 Å². The Morgan fingerprint density at radius 1 is 1.17 bits per heavy atom. The molecule has 12 nitrogen and oxygen atoms in total. The number of aromatic amines is 1. The molecule has 5 heterocycles. The van der Waals surface area contributed by atoms with Crippen molar-refractivity contribution in [2.24, 2.45) is 0 Å². The van der Waals surface area contributed by atoms with Crippen molar-refractivity contribution in [3.05, 3.63) is 64.1 Å². The van der Waals surface area contributed by atoms with E-state index in [4.69, 9.17) is 18.6 Å². The number of nitrogens with zero attached hydrogens (tertiary/aromatic N) is 4. The fourth-order valence-corrected chi connectivity index (χ4v) is 5.17. The predicted octanol–water partition coefficient (Wildman–Crippen LogP) is -1.44. The van der Waals surface area contributed by atoms with Crippen LogP contribution in [0.25, 0.3) is 10.9 Å². The Labute approximate surface area is 206 Å². The number of hydrogen-bond donors (Lipinski definition) is 3. The highest BCUT2D eigenvalue weighted by molar-refractivity contribution is 5.83. The van der Waals surface area contributed by atoms with Crippen molar-refractivity contribution in [2.75, 3.05) is 46.7 Å². The van der Waals surface area contributed by atoms with Gasteiger partial charge in [0.2, 0.25) is 12.6 Å². The largest absolute Gasteiger partial charge is 0.463 e. The molecule has 1 aromatic carbocycles. The molecule has 3 aromatic heterocycles.